The van der Waals surface area contributed by atoms with Crippen LogP contribution < -0.4 is 5.32 Å². The highest BCUT2D eigenvalue weighted by Gasteiger charge is 2.10. The van der Waals surface area contributed by atoms with E-state index in [0.29, 0.717) is 6.29 Å². The highest BCUT2D eigenvalue weighted by molar-refractivity contribution is 6.62. The number of aliphatic imine (C=N–C) groups is 2. The first kappa shape index (κ1) is 6.42. The summed E-state index contributed by atoms with van der Waals surface area (Å²) in [6.45, 7) is 0.234. The third kappa shape index (κ3) is 1.00. The van der Waals surface area contributed by atoms with E-state index in [1.807, 2.05) is 0 Å². The smallest absolute Gasteiger partial charge is 0.182 e. The number of hydrogen-bond acceptors (Lipinski definition) is 5. The molecule has 1 rings (SSSR count). The lowest BCUT2D eigenvalue weighted by Gasteiger charge is -1.90. The van der Waals surface area contributed by atoms with E-state index in [2.05, 4.69) is 15.3 Å². The van der Waals surface area contributed by atoms with E-state index in [9.17, 15) is 4.79 Å². The molecule has 1 aliphatic heterocycles. The number of nitriles is 1. The Labute approximate surface area is 57.1 Å². The Hall–Kier alpha value is -1.70. The maximum Gasteiger partial charge on any atom is 0.182 e. The van der Waals surface area contributed by atoms with Gasteiger partial charge in [0.1, 0.15) is 12.4 Å². The second-order valence-corrected chi connectivity index (χ2v) is 1.55. The molecule has 0 amide bonds. The second-order valence-electron chi connectivity index (χ2n) is 1.55. The monoisotopic (exact) mass is 136 g/mol. The van der Waals surface area contributed by atoms with Crippen LogP contribution in [0, 0.1) is 11.5 Å². The number of carbonyl (C=O) groups excluding carboxylic acids is 1. The molecule has 10 heavy (non-hydrogen) atoms. The van der Waals surface area contributed by atoms with Gasteiger partial charge in [-0.3, -0.25) is 15.1 Å². The van der Waals surface area contributed by atoms with Crippen LogP contribution in [0.2, 0.25) is 0 Å². The predicted octanol–water partition coefficient (Wildman–Crippen LogP) is -0.933. The first-order valence-corrected chi connectivity index (χ1v) is 2.58. The van der Waals surface area contributed by atoms with Crippen LogP contribution in [0.1, 0.15) is 0 Å². The first-order valence-electron chi connectivity index (χ1n) is 2.58. The molecule has 0 saturated heterocycles. The zero-order valence-corrected chi connectivity index (χ0v) is 5.03. The van der Waals surface area contributed by atoms with Gasteiger partial charge in [-0.05, 0) is 0 Å². The van der Waals surface area contributed by atoms with Gasteiger partial charge in [-0.15, -0.1) is 0 Å². The van der Waals surface area contributed by atoms with E-state index in [1.165, 1.54) is 0 Å². The van der Waals surface area contributed by atoms with Crippen molar-refractivity contribution < 1.29 is 4.79 Å². The lowest BCUT2D eigenvalue weighted by Crippen LogP contribution is -2.25. The van der Waals surface area contributed by atoms with Gasteiger partial charge in [0, 0.05) is 0 Å². The number of aldehydes is 1. The normalized spacial score (nSPS) is 15.1. The molecule has 5 nitrogen and oxygen atoms in total. The zero-order valence-electron chi connectivity index (χ0n) is 5.03. The SMILES string of the molecule is N#CNC1=NCN=C1C=O. The lowest BCUT2D eigenvalue weighted by atomic mass is 10.4. The van der Waals surface area contributed by atoms with Crippen LogP contribution in [0.5, 0.6) is 0 Å². The van der Waals surface area contributed by atoms with Gasteiger partial charge in [0.15, 0.2) is 18.3 Å². The molecule has 0 aromatic carbocycles. The highest BCUT2D eigenvalue weighted by atomic mass is 16.1. The van der Waals surface area contributed by atoms with Crippen LogP contribution in [-0.2, 0) is 4.79 Å². The maximum atomic E-state index is 10.1. The Bertz CT molecular complexity index is 247. The Kier molecular flexibility index (Phi) is 1.75. The van der Waals surface area contributed by atoms with E-state index in [1.54, 1.807) is 6.19 Å². The van der Waals surface area contributed by atoms with Gasteiger partial charge < -0.3 is 0 Å². The summed E-state index contributed by atoms with van der Waals surface area (Å²) in [5, 5.41) is 10.4. The molecular weight excluding hydrogens is 132 g/mol. The molecule has 0 fully saturated rings. The molecule has 0 unspecified atom stereocenters. The minimum Gasteiger partial charge on any atom is -0.296 e. The van der Waals surface area contributed by atoms with Crippen molar-refractivity contribution in [3.05, 3.63) is 0 Å². The molecule has 0 radical (unpaired) electrons. The van der Waals surface area contributed by atoms with Crippen LogP contribution in [0.25, 0.3) is 0 Å². The second kappa shape index (κ2) is 2.73. The van der Waals surface area contributed by atoms with Crippen LogP contribution in [0.15, 0.2) is 9.98 Å². The molecular formula is C5H4N4O. The summed E-state index contributed by atoms with van der Waals surface area (Å²) in [7, 11) is 0. The Morgan fingerprint density at radius 1 is 1.70 bits per heavy atom. The van der Waals surface area contributed by atoms with E-state index >= 15 is 0 Å². The van der Waals surface area contributed by atoms with Gasteiger partial charge in [-0.1, -0.05) is 0 Å². The van der Waals surface area contributed by atoms with Crippen molar-refractivity contribution in [2.75, 3.05) is 6.67 Å². The topological polar surface area (TPSA) is 77.6 Å². The minimum atomic E-state index is 0.210. The number of nitrogens with zero attached hydrogens (tertiary/aromatic N) is 3. The summed E-state index contributed by atoms with van der Waals surface area (Å²) in [5.41, 5.74) is 0.210. The summed E-state index contributed by atoms with van der Waals surface area (Å²) < 4.78 is 0. The van der Waals surface area contributed by atoms with Crippen molar-refractivity contribution in [1.29, 1.82) is 5.26 Å². The fourth-order valence-electron chi connectivity index (χ4n) is 0.588. The third-order valence-electron chi connectivity index (χ3n) is 0.998. The molecule has 5 heteroatoms. The van der Waals surface area contributed by atoms with Crippen molar-refractivity contribution in [3.63, 3.8) is 0 Å². The molecule has 0 aromatic rings. The average Bonchev–Trinajstić information content (AvgIpc) is 2.36. The Morgan fingerprint density at radius 2 is 2.50 bits per heavy atom. The van der Waals surface area contributed by atoms with E-state index in [0.717, 1.165) is 0 Å². The van der Waals surface area contributed by atoms with Crippen molar-refractivity contribution in [1.82, 2.24) is 5.32 Å². The first-order chi connectivity index (χ1) is 4.88. The van der Waals surface area contributed by atoms with Gasteiger partial charge >= 0.3 is 0 Å². The Morgan fingerprint density at radius 3 is 3.10 bits per heavy atom. The molecule has 1 N–H and O–H groups in total. The molecule has 0 aromatic heterocycles. The summed E-state index contributed by atoms with van der Waals surface area (Å²) in [4.78, 5) is 17.5. The number of carbonyl (C=O) groups is 1. The summed E-state index contributed by atoms with van der Waals surface area (Å²) in [5.74, 6) is 0.262. The maximum absolute atomic E-state index is 10.1. The van der Waals surface area contributed by atoms with E-state index in [-0.39, 0.29) is 18.2 Å². The van der Waals surface area contributed by atoms with Gasteiger partial charge in [-0.25, -0.2) is 4.99 Å². The molecule has 0 bridgehead atoms. The number of nitrogens with one attached hydrogen (secondary N) is 1. The molecule has 0 saturated carbocycles. The molecule has 50 valence electrons. The molecule has 0 aliphatic carbocycles. The summed E-state index contributed by atoms with van der Waals surface area (Å²) in [6, 6.07) is 0. The largest absolute Gasteiger partial charge is 0.296 e. The number of hydrogen-bond donors (Lipinski definition) is 1. The van der Waals surface area contributed by atoms with Crippen LogP contribution in [0.4, 0.5) is 0 Å². The quantitative estimate of drug-likeness (QED) is 0.287. The van der Waals surface area contributed by atoms with Gasteiger partial charge in [0.05, 0.1) is 0 Å². The summed E-state index contributed by atoms with van der Waals surface area (Å²) >= 11 is 0. The van der Waals surface area contributed by atoms with Crippen LogP contribution in [0.3, 0.4) is 0 Å². The molecule has 0 atom stereocenters. The highest BCUT2D eigenvalue weighted by Crippen LogP contribution is 1.90. The average molecular weight is 136 g/mol. The summed E-state index contributed by atoms with van der Waals surface area (Å²) in [6.07, 6.45) is 2.22. The van der Waals surface area contributed by atoms with Gasteiger partial charge in [0.25, 0.3) is 0 Å². The van der Waals surface area contributed by atoms with E-state index < -0.39 is 0 Å². The Balaban J connectivity index is 2.71. The van der Waals surface area contributed by atoms with Crippen LogP contribution in [-0.4, -0.2) is 24.5 Å². The lowest BCUT2D eigenvalue weighted by molar-refractivity contribution is -0.102. The number of rotatable bonds is 1. The molecule has 1 aliphatic rings. The van der Waals surface area contributed by atoms with Crippen molar-refractivity contribution >= 4 is 17.8 Å². The minimum absolute atomic E-state index is 0.210. The zero-order chi connectivity index (χ0) is 7.40. The third-order valence-corrected chi connectivity index (χ3v) is 0.998. The number of amidine groups is 1. The fourth-order valence-corrected chi connectivity index (χ4v) is 0.588. The van der Waals surface area contributed by atoms with Gasteiger partial charge in [-0.2, -0.15) is 5.26 Å². The predicted molar refractivity (Wildman–Crippen MR) is 34.5 cm³/mol. The van der Waals surface area contributed by atoms with Crippen molar-refractivity contribution in [2.24, 2.45) is 9.98 Å². The molecule has 0 spiro atoms. The van der Waals surface area contributed by atoms with Crippen molar-refractivity contribution in [2.45, 2.75) is 0 Å². The standard InChI is InChI=1S/C5H4N4O/c6-2-7-5-4(1-10)8-3-9-5/h1H,3H2,(H,7,9). The fraction of sp³-hybridized carbons (Fsp3) is 0.200. The van der Waals surface area contributed by atoms with Crippen LogP contribution >= 0.6 is 0 Å². The molecule has 1 heterocycles. The van der Waals surface area contributed by atoms with E-state index in [4.69, 9.17) is 5.26 Å². The van der Waals surface area contributed by atoms with Crippen molar-refractivity contribution in [3.8, 4) is 6.19 Å². The van der Waals surface area contributed by atoms with Gasteiger partial charge in [0.2, 0.25) is 0 Å².